The van der Waals surface area contributed by atoms with Crippen LogP contribution in [0.15, 0.2) is 48.7 Å². The minimum atomic E-state index is -0.948. The number of ether oxygens (including phenoxy) is 1. The van der Waals surface area contributed by atoms with E-state index < -0.39 is 11.6 Å². The first-order chi connectivity index (χ1) is 13.6. The summed E-state index contributed by atoms with van der Waals surface area (Å²) < 4.78 is 34.0. The van der Waals surface area contributed by atoms with E-state index in [2.05, 4.69) is 19.1 Å². The Balaban J connectivity index is 1.71. The fraction of sp³-hybridized carbons (Fsp3) is 0.440. The van der Waals surface area contributed by atoms with Gasteiger partial charge >= 0.3 is 0 Å². The SMILES string of the molecule is CCC=COc1ccc(-c2ccc(C3CCC(CCC)CC3)cc2)c(F)c1F. The van der Waals surface area contributed by atoms with Gasteiger partial charge in [0.15, 0.2) is 11.6 Å². The van der Waals surface area contributed by atoms with Gasteiger partial charge in [-0.2, -0.15) is 4.39 Å². The molecule has 0 spiro atoms. The Hall–Kier alpha value is -2.16. The minimum absolute atomic E-state index is 0.0913. The van der Waals surface area contributed by atoms with Gasteiger partial charge in [0.05, 0.1) is 6.26 Å². The lowest BCUT2D eigenvalue weighted by Crippen LogP contribution is -2.13. The maximum atomic E-state index is 14.5. The van der Waals surface area contributed by atoms with E-state index in [0.717, 1.165) is 12.3 Å². The zero-order valence-corrected chi connectivity index (χ0v) is 16.9. The summed E-state index contributed by atoms with van der Waals surface area (Å²) in [6.45, 7) is 4.20. The van der Waals surface area contributed by atoms with E-state index in [1.54, 1.807) is 12.1 Å². The summed E-state index contributed by atoms with van der Waals surface area (Å²) in [6.07, 6.45) is 11.6. The first-order valence-electron chi connectivity index (χ1n) is 10.5. The van der Waals surface area contributed by atoms with Crippen LogP contribution in [-0.4, -0.2) is 0 Å². The Morgan fingerprint density at radius 2 is 1.64 bits per heavy atom. The second kappa shape index (κ2) is 9.86. The Kier molecular flexibility index (Phi) is 7.24. The summed E-state index contributed by atoms with van der Waals surface area (Å²) in [4.78, 5) is 0. The molecule has 3 rings (SSSR count). The number of hydrogen-bond donors (Lipinski definition) is 0. The standard InChI is InChI=1S/C25H30F2O/c1-3-5-17-28-23-16-15-22(24(26)25(23)27)21-13-11-20(12-14-21)19-9-7-18(6-4-2)8-10-19/h5,11-19H,3-4,6-10H2,1-2H3. The van der Waals surface area contributed by atoms with Crippen LogP contribution in [0.1, 0.15) is 70.3 Å². The summed E-state index contributed by atoms with van der Waals surface area (Å²) in [5.41, 5.74) is 2.27. The minimum Gasteiger partial charge on any atom is -0.462 e. The molecule has 1 nitrogen and oxygen atoms in total. The number of benzene rings is 2. The normalized spacial score (nSPS) is 19.9. The van der Waals surface area contributed by atoms with Crippen LogP contribution in [0.2, 0.25) is 0 Å². The van der Waals surface area contributed by atoms with E-state index >= 15 is 0 Å². The van der Waals surface area contributed by atoms with Gasteiger partial charge in [-0.05, 0) is 73.3 Å². The van der Waals surface area contributed by atoms with Gasteiger partial charge in [-0.1, -0.05) is 51.0 Å². The van der Waals surface area contributed by atoms with Crippen LogP contribution in [0.4, 0.5) is 8.78 Å². The summed E-state index contributed by atoms with van der Waals surface area (Å²) in [6, 6.07) is 11.0. The molecule has 1 fully saturated rings. The van der Waals surface area contributed by atoms with Gasteiger partial charge in [0.2, 0.25) is 5.82 Å². The van der Waals surface area contributed by atoms with Crippen LogP contribution in [-0.2, 0) is 0 Å². The molecule has 0 N–H and O–H groups in total. The van der Waals surface area contributed by atoms with Gasteiger partial charge in [-0.15, -0.1) is 0 Å². The van der Waals surface area contributed by atoms with Crippen molar-refractivity contribution in [3.05, 3.63) is 65.9 Å². The molecule has 3 heteroatoms. The highest BCUT2D eigenvalue weighted by Gasteiger charge is 2.22. The quantitative estimate of drug-likeness (QED) is 0.439. The van der Waals surface area contributed by atoms with Crippen molar-refractivity contribution in [2.24, 2.45) is 5.92 Å². The largest absolute Gasteiger partial charge is 0.462 e. The summed E-state index contributed by atoms with van der Waals surface area (Å²) in [5.74, 6) is -0.437. The zero-order valence-electron chi connectivity index (χ0n) is 16.9. The molecule has 28 heavy (non-hydrogen) atoms. The lowest BCUT2D eigenvalue weighted by atomic mass is 9.77. The Labute approximate surface area is 167 Å². The third-order valence-corrected chi connectivity index (χ3v) is 5.81. The molecule has 2 aromatic rings. The fourth-order valence-corrected chi connectivity index (χ4v) is 4.19. The van der Waals surface area contributed by atoms with Crippen LogP contribution in [0.3, 0.4) is 0 Å². The van der Waals surface area contributed by atoms with Crippen molar-refractivity contribution in [1.29, 1.82) is 0 Å². The summed E-state index contributed by atoms with van der Waals surface area (Å²) in [7, 11) is 0. The molecule has 0 bridgehead atoms. The smallest absolute Gasteiger partial charge is 0.201 e. The molecular weight excluding hydrogens is 354 g/mol. The van der Waals surface area contributed by atoms with E-state index in [1.165, 1.54) is 56.4 Å². The van der Waals surface area contributed by atoms with Gasteiger partial charge in [-0.3, -0.25) is 0 Å². The predicted octanol–water partition coefficient (Wildman–Crippen LogP) is 8.01. The number of halogens is 2. The third-order valence-electron chi connectivity index (χ3n) is 5.81. The van der Waals surface area contributed by atoms with Crippen molar-refractivity contribution in [1.82, 2.24) is 0 Å². The summed E-state index contributed by atoms with van der Waals surface area (Å²) >= 11 is 0. The van der Waals surface area contributed by atoms with Gasteiger partial charge in [-0.25, -0.2) is 4.39 Å². The van der Waals surface area contributed by atoms with Crippen molar-refractivity contribution >= 4 is 0 Å². The molecule has 0 aliphatic heterocycles. The molecule has 0 aromatic heterocycles. The van der Waals surface area contributed by atoms with Crippen LogP contribution in [0, 0.1) is 17.6 Å². The zero-order chi connectivity index (χ0) is 19.9. The monoisotopic (exact) mass is 384 g/mol. The fourth-order valence-electron chi connectivity index (χ4n) is 4.19. The molecule has 0 radical (unpaired) electrons. The second-order valence-electron chi connectivity index (χ2n) is 7.77. The average Bonchev–Trinajstić information content (AvgIpc) is 2.72. The highest BCUT2D eigenvalue weighted by Crippen LogP contribution is 2.38. The molecule has 150 valence electrons. The van der Waals surface area contributed by atoms with E-state index in [0.29, 0.717) is 11.5 Å². The van der Waals surface area contributed by atoms with E-state index in [-0.39, 0.29) is 11.3 Å². The van der Waals surface area contributed by atoms with E-state index in [4.69, 9.17) is 4.74 Å². The molecule has 1 aliphatic rings. The highest BCUT2D eigenvalue weighted by atomic mass is 19.2. The van der Waals surface area contributed by atoms with Crippen molar-refractivity contribution in [2.45, 2.75) is 64.7 Å². The average molecular weight is 385 g/mol. The van der Waals surface area contributed by atoms with Crippen molar-refractivity contribution in [3.63, 3.8) is 0 Å². The second-order valence-corrected chi connectivity index (χ2v) is 7.77. The number of rotatable bonds is 7. The van der Waals surface area contributed by atoms with Gasteiger partial charge < -0.3 is 4.74 Å². The third kappa shape index (κ3) is 4.81. The van der Waals surface area contributed by atoms with E-state index in [9.17, 15) is 8.78 Å². The molecule has 0 amide bonds. The van der Waals surface area contributed by atoms with Crippen molar-refractivity contribution in [3.8, 4) is 16.9 Å². The Bertz CT molecular complexity index is 787. The Morgan fingerprint density at radius 3 is 2.29 bits per heavy atom. The van der Waals surface area contributed by atoms with Crippen LogP contribution in [0.5, 0.6) is 5.75 Å². The lowest BCUT2D eigenvalue weighted by molar-refractivity contribution is 0.308. The number of allylic oxidation sites excluding steroid dienone is 1. The molecule has 0 heterocycles. The van der Waals surface area contributed by atoms with Crippen LogP contribution < -0.4 is 4.74 Å². The molecule has 0 saturated heterocycles. The Morgan fingerprint density at radius 1 is 0.929 bits per heavy atom. The maximum Gasteiger partial charge on any atom is 0.201 e. The topological polar surface area (TPSA) is 9.23 Å². The first-order valence-corrected chi connectivity index (χ1v) is 10.5. The van der Waals surface area contributed by atoms with Crippen LogP contribution >= 0.6 is 0 Å². The molecule has 1 saturated carbocycles. The molecular formula is C25H30F2O. The van der Waals surface area contributed by atoms with Gasteiger partial charge in [0.25, 0.3) is 0 Å². The van der Waals surface area contributed by atoms with Gasteiger partial charge in [0.1, 0.15) is 0 Å². The molecule has 0 unspecified atom stereocenters. The van der Waals surface area contributed by atoms with E-state index in [1.807, 2.05) is 19.1 Å². The molecule has 2 aromatic carbocycles. The van der Waals surface area contributed by atoms with Crippen molar-refractivity contribution < 1.29 is 13.5 Å². The van der Waals surface area contributed by atoms with Gasteiger partial charge in [0, 0.05) is 5.56 Å². The van der Waals surface area contributed by atoms with Crippen molar-refractivity contribution in [2.75, 3.05) is 0 Å². The van der Waals surface area contributed by atoms with Crippen LogP contribution in [0.25, 0.3) is 11.1 Å². The maximum absolute atomic E-state index is 14.5. The predicted molar refractivity (Wildman–Crippen MR) is 111 cm³/mol. The molecule has 1 aliphatic carbocycles. The highest BCUT2D eigenvalue weighted by molar-refractivity contribution is 5.65. The lowest BCUT2D eigenvalue weighted by Gasteiger charge is -2.28. The first kappa shape index (κ1) is 20.6. The molecule has 0 atom stereocenters. The number of hydrogen-bond acceptors (Lipinski definition) is 1. The summed E-state index contributed by atoms with van der Waals surface area (Å²) in [5, 5.41) is 0.